The molecule has 1 saturated heterocycles. The van der Waals surface area contributed by atoms with Crippen LogP contribution in [0.15, 0.2) is 28.3 Å². The van der Waals surface area contributed by atoms with E-state index < -0.39 is 0 Å². The van der Waals surface area contributed by atoms with Crippen LogP contribution in [0.3, 0.4) is 0 Å². The number of rotatable bonds is 7. The SMILES string of the molecule is Cc1ccn2c(=O)c(Cc3nnc(SCC(=O)NC[C@@H]4CCCO4)n3C)c(C)nc2c1. The molecule has 10 heteroatoms. The first-order valence-electron chi connectivity index (χ1n) is 10.3. The Hall–Kier alpha value is -2.72. The first-order chi connectivity index (χ1) is 14.9. The number of hydrogen-bond acceptors (Lipinski definition) is 7. The average molecular weight is 443 g/mol. The quantitative estimate of drug-likeness (QED) is 0.552. The van der Waals surface area contributed by atoms with Gasteiger partial charge in [-0.2, -0.15) is 0 Å². The Morgan fingerprint density at radius 1 is 1.35 bits per heavy atom. The zero-order valence-corrected chi connectivity index (χ0v) is 18.7. The van der Waals surface area contributed by atoms with E-state index in [0.717, 1.165) is 25.0 Å². The molecule has 1 N–H and O–H groups in total. The van der Waals surface area contributed by atoms with Crippen LogP contribution in [-0.4, -0.2) is 55.1 Å². The molecule has 0 aliphatic carbocycles. The number of carbonyl (C=O) groups is 1. The van der Waals surface area contributed by atoms with Crippen LogP contribution in [0.5, 0.6) is 0 Å². The highest BCUT2D eigenvalue weighted by Gasteiger charge is 2.18. The van der Waals surface area contributed by atoms with E-state index in [1.54, 1.807) is 10.6 Å². The maximum atomic E-state index is 13.0. The molecule has 0 unspecified atom stereocenters. The first kappa shape index (κ1) is 21.5. The lowest BCUT2D eigenvalue weighted by Gasteiger charge is -2.10. The van der Waals surface area contributed by atoms with E-state index in [0.29, 0.717) is 40.9 Å². The number of aryl methyl sites for hydroxylation is 2. The van der Waals surface area contributed by atoms with E-state index in [-0.39, 0.29) is 23.3 Å². The summed E-state index contributed by atoms with van der Waals surface area (Å²) in [7, 11) is 1.84. The highest BCUT2D eigenvalue weighted by atomic mass is 32.2. The Kier molecular flexibility index (Phi) is 6.38. The van der Waals surface area contributed by atoms with Gasteiger partial charge in [0.15, 0.2) is 5.16 Å². The van der Waals surface area contributed by atoms with Crippen molar-refractivity contribution in [3.63, 3.8) is 0 Å². The van der Waals surface area contributed by atoms with Crippen molar-refractivity contribution in [2.75, 3.05) is 18.9 Å². The van der Waals surface area contributed by atoms with Crippen molar-refractivity contribution in [3.05, 3.63) is 51.3 Å². The smallest absolute Gasteiger partial charge is 0.261 e. The van der Waals surface area contributed by atoms with Gasteiger partial charge in [0.2, 0.25) is 5.91 Å². The van der Waals surface area contributed by atoms with Gasteiger partial charge in [0.25, 0.3) is 5.56 Å². The van der Waals surface area contributed by atoms with Crippen molar-refractivity contribution in [2.45, 2.75) is 44.4 Å². The van der Waals surface area contributed by atoms with Crippen LogP contribution in [0.1, 0.15) is 35.5 Å². The number of amides is 1. The van der Waals surface area contributed by atoms with E-state index in [1.165, 1.54) is 11.8 Å². The van der Waals surface area contributed by atoms with Crippen LogP contribution in [0.4, 0.5) is 0 Å². The summed E-state index contributed by atoms with van der Waals surface area (Å²) in [6.07, 6.45) is 4.23. The maximum absolute atomic E-state index is 13.0. The van der Waals surface area contributed by atoms with Gasteiger partial charge in [-0.05, 0) is 44.4 Å². The minimum atomic E-state index is -0.104. The van der Waals surface area contributed by atoms with Crippen molar-refractivity contribution in [1.29, 1.82) is 0 Å². The molecule has 0 saturated carbocycles. The molecule has 3 aromatic rings. The van der Waals surface area contributed by atoms with Crippen molar-refractivity contribution < 1.29 is 9.53 Å². The van der Waals surface area contributed by atoms with E-state index in [1.807, 2.05) is 37.6 Å². The van der Waals surface area contributed by atoms with Crippen molar-refractivity contribution >= 4 is 23.3 Å². The summed E-state index contributed by atoms with van der Waals surface area (Å²) in [6.45, 7) is 5.12. The monoisotopic (exact) mass is 442 g/mol. The van der Waals surface area contributed by atoms with Gasteiger partial charge in [-0.15, -0.1) is 10.2 Å². The van der Waals surface area contributed by atoms with Crippen LogP contribution in [0.25, 0.3) is 5.65 Å². The number of ether oxygens (including phenoxy) is 1. The van der Waals surface area contributed by atoms with Gasteiger partial charge in [-0.3, -0.25) is 14.0 Å². The Balaban J connectivity index is 1.43. The molecule has 31 heavy (non-hydrogen) atoms. The third kappa shape index (κ3) is 4.80. The van der Waals surface area contributed by atoms with E-state index in [2.05, 4.69) is 20.5 Å². The summed E-state index contributed by atoms with van der Waals surface area (Å²) in [5.41, 5.74) is 2.85. The predicted molar refractivity (Wildman–Crippen MR) is 117 cm³/mol. The summed E-state index contributed by atoms with van der Waals surface area (Å²) in [5.74, 6) is 0.835. The number of fused-ring (bicyclic) bond motifs is 1. The average Bonchev–Trinajstić information content (AvgIpc) is 3.38. The molecule has 3 aromatic heterocycles. The van der Waals surface area contributed by atoms with Crippen LogP contribution >= 0.6 is 11.8 Å². The minimum absolute atomic E-state index is 0.0619. The van der Waals surface area contributed by atoms with Crippen molar-refractivity contribution in [2.24, 2.45) is 7.05 Å². The number of aromatic nitrogens is 5. The summed E-state index contributed by atoms with van der Waals surface area (Å²) < 4.78 is 8.89. The molecule has 4 rings (SSSR count). The lowest BCUT2D eigenvalue weighted by molar-refractivity contribution is -0.119. The zero-order valence-electron chi connectivity index (χ0n) is 17.9. The number of thioether (sulfide) groups is 1. The highest BCUT2D eigenvalue weighted by Crippen LogP contribution is 2.18. The Labute approximate surface area is 184 Å². The molecule has 1 amide bonds. The van der Waals surface area contributed by atoms with Crippen LogP contribution in [0.2, 0.25) is 0 Å². The molecule has 1 aliphatic heterocycles. The Morgan fingerprint density at radius 2 is 2.19 bits per heavy atom. The molecule has 1 atom stereocenters. The lowest BCUT2D eigenvalue weighted by Crippen LogP contribution is -2.32. The van der Waals surface area contributed by atoms with E-state index in [4.69, 9.17) is 4.74 Å². The molecular formula is C21H26N6O3S. The second-order valence-electron chi connectivity index (χ2n) is 7.78. The predicted octanol–water partition coefficient (Wildman–Crippen LogP) is 1.42. The van der Waals surface area contributed by atoms with Gasteiger partial charge in [0.05, 0.1) is 11.9 Å². The Bertz CT molecular complexity index is 1170. The van der Waals surface area contributed by atoms with E-state index >= 15 is 0 Å². The number of nitrogens with one attached hydrogen (secondary N) is 1. The number of nitrogens with zero attached hydrogens (tertiary/aromatic N) is 5. The highest BCUT2D eigenvalue weighted by molar-refractivity contribution is 7.99. The summed E-state index contributed by atoms with van der Waals surface area (Å²) >= 11 is 1.32. The number of pyridine rings is 1. The number of carbonyl (C=O) groups excluding carboxylic acids is 1. The summed E-state index contributed by atoms with van der Waals surface area (Å²) in [5, 5.41) is 12.0. The normalized spacial score (nSPS) is 16.2. The fourth-order valence-corrected chi connectivity index (χ4v) is 4.35. The van der Waals surface area contributed by atoms with Gasteiger partial charge in [0.1, 0.15) is 11.5 Å². The minimum Gasteiger partial charge on any atom is -0.376 e. The topological polar surface area (TPSA) is 103 Å². The largest absolute Gasteiger partial charge is 0.376 e. The molecule has 1 fully saturated rings. The first-order valence-corrected chi connectivity index (χ1v) is 11.3. The molecule has 4 heterocycles. The fraction of sp³-hybridized carbons (Fsp3) is 0.476. The molecule has 0 bridgehead atoms. The second-order valence-corrected chi connectivity index (χ2v) is 8.72. The lowest BCUT2D eigenvalue weighted by atomic mass is 10.1. The standard InChI is InChI=1S/C21H26N6O3S/c1-13-6-7-27-17(9-13)23-14(2)16(20(27)29)10-18-24-25-21(26(18)3)31-12-19(28)22-11-15-5-4-8-30-15/h6-7,9,15H,4-5,8,10-12H2,1-3H3,(H,22,28)/t15-/m0/s1. The zero-order chi connectivity index (χ0) is 22.0. The van der Waals surface area contributed by atoms with Gasteiger partial charge in [-0.1, -0.05) is 11.8 Å². The fourth-order valence-electron chi connectivity index (χ4n) is 3.59. The molecule has 0 aromatic carbocycles. The van der Waals surface area contributed by atoms with Crippen molar-refractivity contribution in [1.82, 2.24) is 29.5 Å². The molecule has 0 spiro atoms. The van der Waals surface area contributed by atoms with Crippen LogP contribution in [-0.2, 0) is 23.0 Å². The third-order valence-electron chi connectivity index (χ3n) is 5.43. The van der Waals surface area contributed by atoms with Gasteiger partial charge in [-0.25, -0.2) is 4.98 Å². The summed E-state index contributed by atoms with van der Waals surface area (Å²) in [6, 6.07) is 3.77. The maximum Gasteiger partial charge on any atom is 0.261 e. The summed E-state index contributed by atoms with van der Waals surface area (Å²) in [4.78, 5) is 29.7. The van der Waals surface area contributed by atoms with E-state index in [9.17, 15) is 9.59 Å². The molecular weight excluding hydrogens is 416 g/mol. The third-order valence-corrected chi connectivity index (χ3v) is 6.45. The molecule has 9 nitrogen and oxygen atoms in total. The van der Waals surface area contributed by atoms with Gasteiger partial charge < -0.3 is 14.6 Å². The van der Waals surface area contributed by atoms with Gasteiger partial charge in [0, 0.05) is 44.1 Å². The molecule has 0 radical (unpaired) electrons. The Morgan fingerprint density at radius 3 is 2.97 bits per heavy atom. The van der Waals surface area contributed by atoms with Crippen LogP contribution < -0.4 is 10.9 Å². The second kappa shape index (κ2) is 9.19. The molecule has 1 aliphatic rings. The van der Waals surface area contributed by atoms with Crippen molar-refractivity contribution in [3.8, 4) is 0 Å². The molecule has 164 valence electrons. The van der Waals surface area contributed by atoms with Gasteiger partial charge >= 0.3 is 0 Å². The van der Waals surface area contributed by atoms with Crippen LogP contribution in [0, 0.1) is 13.8 Å². The number of hydrogen-bond donors (Lipinski definition) is 1.